The van der Waals surface area contributed by atoms with Crippen molar-refractivity contribution in [3.63, 3.8) is 0 Å². The van der Waals surface area contributed by atoms with Gasteiger partial charge in [-0.25, -0.2) is 4.98 Å². The minimum atomic E-state index is 0. The van der Waals surface area contributed by atoms with Gasteiger partial charge < -0.3 is 5.73 Å². The highest BCUT2D eigenvalue weighted by molar-refractivity contribution is 7.11. The minimum absolute atomic E-state index is 0. The quantitative estimate of drug-likeness (QED) is 0.887. The fourth-order valence-electron chi connectivity index (χ4n) is 2.03. The Bertz CT molecular complexity index is 332. The van der Waals surface area contributed by atoms with Gasteiger partial charge in [-0.05, 0) is 39.8 Å². The molecule has 0 aliphatic carbocycles. The summed E-state index contributed by atoms with van der Waals surface area (Å²) in [5, 5.41) is 1.18. The molecule has 16 heavy (non-hydrogen) atoms. The molecule has 0 spiro atoms. The Morgan fingerprint density at radius 2 is 2.00 bits per heavy atom. The Labute approximate surface area is 107 Å². The van der Waals surface area contributed by atoms with E-state index in [0.717, 1.165) is 32.5 Å². The highest BCUT2D eigenvalue weighted by Gasteiger charge is 2.17. The SMILES string of the molecule is Cc1nc(C)c(CN2CCC(N)CC2)s1.Cl. The summed E-state index contributed by atoms with van der Waals surface area (Å²) in [5.41, 5.74) is 7.09. The van der Waals surface area contributed by atoms with E-state index in [1.54, 1.807) is 0 Å². The first-order chi connectivity index (χ1) is 7.15. The van der Waals surface area contributed by atoms with E-state index in [2.05, 4.69) is 23.7 Å². The van der Waals surface area contributed by atoms with Gasteiger partial charge in [0.05, 0.1) is 10.7 Å². The van der Waals surface area contributed by atoms with Crippen molar-refractivity contribution in [2.45, 2.75) is 39.3 Å². The molecule has 0 unspecified atom stereocenters. The van der Waals surface area contributed by atoms with Crippen molar-refractivity contribution < 1.29 is 0 Å². The van der Waals surface area contributed by atoms with Crippen LogP contribution in [-0.4, -0.2) is 29.0 Å². The van der Waals surface area contributed by atoms with Crippen molar-refractivity contribution in [3.8, 4) is 0 Å². The molecule has 2 N–H and O–H groups in total. The van der Waals surface area contributed by atoms with E-state index in [1.165, 1.54) is 15.6 Å². The molecule has 0 saturated carbocycles. The van der Waals surface area contributed by atoms with E-state index < -0.39 is 0 Å². The molecular weight excluding hydrogens is 242 g/mol. The molecule has 1 aliphatic heterocycles. The van der Waals surface area contributed by atoms with Gasteiger partial charge in [0.1, 0.15) is 0 Å². The molecule has 1 aliphatic rings. The Hall–Kier alpha value is -0.160. The number of aryl methyl sites for hydroxylation is 2. The summed E-state index contributed by atoms with van der Waals surface area (Å²) in [6.07, 6.45) is 2.27. The van der Waals surface area contributed by atoms with Crippen molar-refractivity contribution in [1.82, 2.24) is 9.88 Å². The molecule has 0 aromatic carbocycles. The van der Waals surface area contributed by atoms with Crippen LogP contribution in [0.1, 0.15) is 28.4 Å². The molecule has 2 rings (SSSR count). The average Bonchev–Trinajstić information content (AvgIpc) is 2.49. The van der Waals surface area contributed by atoms with Gasteiger partial charge in [-0.1, -0.05) is 0 Å². The molecule has 3 nitrogen and oxygen atoms in total. The van der Waals surface area contributed by atoms with Crippen LogP contribution in [0, 0.1) is 13.8 Å². The fraction of sp³-hybridized carbons (Fsp3) is 0.727. The second kappa shape index (κ2) is 5.96. The van der Waals surface area contributed by atoms with Crippen LogP contribution in [0.2, 0.25) is 0 Å². The third kappa shape index (κ3) is 3.42. The number of rotatable bonds is 2. The third-order valence-corrected chi connectivity index (χ3v) is 4.06. The van der Waals surface area contributed by atoms with Crippen LogP contribution < -0.4 is 5.73 Å². The number of piperidine rings is 1. The molecule has 1 saturated heterocycles. The lowest BCUT2D eigenvalue weighted by Gasteiger charge is -2.29. The number of halogens is 1. The molecule has 0 atom stereocenters. The van der Waals surface area contributed by atoms with Crippen LogP contribution in [-0.2, 0) is 6.54 Å². The zero-order chi connectivity index (χ0) is 10.8. The van der Waals surface area contributed by atoms with Crippen molar-refractivity contribution >= 4 is 23.7 Å². The molecule has 1 fully saturated rings. The Morgan fingerprint density at radius 1 is 1.38 bits per heavy atom. The maximum atomic E-state index is 5.89. The van der Waals surface area contributed by atoms with E-state index in [1.807, 2.05) is 11.3 Å². The molecular formula is C11H20ClN3S. The summed E-state index contributed by atoms with van der Waals surface area (Å²) in [4.78, 5) is 8.37. The van der Waals surface area contributed by atoms with Gasteiger partial charge in [0.2, 0.25) is 0 Å². The molecule has 5 heteroatoms. The number of nitrogens with zero attached hydrogens (tertiary/aromatic N) is 2. The zero-order valence-electron chi connectivity index (χ0n) is 9.90. The lowest BCUT2D eigenvalue weighted by molar-refractivity contribution is 0.207. The molecule has 92 valence electrons. The fourth-order valence-corrected chi connectivity index (χ4v) is 3.01. The summed E-state index contributed by atoms with van der Waals surface area (Å²) in [6, 6.07) is 0.422. The van der Waals surface area contributed by atoms with Gasteiger partial charge in [-0.2, -0.15) is 0 Å². The van der Waals surface area contributed by atoms with Gasteiger partial charge in [0.25, 0.3) is 0 Å². The summed E-state index contributed by atoms with van der Waals surface area (Å²) in [6.45, 7) is 7.51. The number of aromatic nitrogens is 1. The van der Waals surface area contributed by atoms with E-state index >= 15 is 0 Å². The second-order valence-electron chi connectivity index (χ2n) is 4.36. The number of likely N-dealkylation sites (tertiary alicyclic amines) is 1. The van der Waals surface area contributed by atoms with Gasteiger partial charge in [0.15, 0.2) is 0 Å². The summed E-state index contributed by atoms with van der Waals surface area (Å²) in [5.74, 6) is 0. The highest BCUT2D eigenvalue weighted by atomic mass is 35.5. The van der Waals surface area contributed by atoms with Crippen molar-refractivity contribution in [3.05, 3.63) is 15.6 Å². The van der Waals surface area contributed by atoms with Crippen molar-refractivity contribution in [2.24, 2.45) is 5.73 Å². The lowest BCUT2D eigenvalue weighted by atomic mass is 10.1. The topological polar surface area (TPSA) is 42.2 Å². The zero-order valence-corrected chi connectivity index (χ0v) is 11.5. The molecule has 0 radical (unpaired) electrons. The Balaban J connectivity index is 0.00000128. The van der Waals surface area contributed by atoms with E-state index in [0.29, 0.717) is 6.04 Å². The summed E-state index contributed by atoms with van der Waals surface area (Å²) < 4.78 is 0. The van der Waals surface area contributed by atoms with E-state index in [4.69, 9.17) is 5.73 Å². The predicted octanol–water partition coefficient (Wildman–Crippen LogP) is 2.10. The van der Waals surface area contributed by atoms with Crippen LogP contribution in [0.4, 0.5) is 0 Å². The number of thiazole rings is 1. The van der Waals surface area contributed by atoms with Crippen LogP contribution >= 0.6 is 23.7 Å². The molecule has 0 bridgehead atoms. The smallest absolute Gasteiger partial charge is 0.0900 e. The van der Waals surface area contributed by atoms with Crippen LogP contribution in [0.3, 0.4) is 0 Å². The average molecular weight is 262 g/mol. The van der Waals surface area contributed by atoms with Gasteiger partial charge >= 0.3 is 0 Å². The largest absolute Gasteiger partial charge is 0.328 e. The maximum Gasteiger partial charge on any atom is 0.0900 e. The van der Waals surface area contributed by atoms with Gasteiger partial charge in [0, 0.05) is 17.5 Å². The molecule has 2 heterocycles. The molecule has 0 amide bonds. The van der Waals surface area contributed by atoms with Crippen LogP contribution in [0.5, 0.6) is 0 Å². The Kier molecular flexibility index (Phi) is 5.18. The normalized spacial score (nSPS) is 18.4. The Morgan fingerprint density at radius 3 is 2.50 bits per heavy atom. The maximum absolute atomic E-state index is 5.89. The predicted molar refractivity (Wildman–Crippen MR) is 71.3 cm³/mol. The molecule has 1 aromatic rings. The minimum Gasteiger partial charge on any atom is -0.328 e. The van der Waals surface area contributed by atoms with Crippen molar-refractivity contribution in [2.75, 3.05) is 13.1 Å². The van der Waals surface area contributed by atoms with Crippen LogP contribution in [0.15, 0.2) is 0 Å². The first-order valence-electron chi connectivity index (χ1n) is 5.56. The first kappa shape index (κ1) is 13.9. The summed E-state index contributed by atoms with van der Waals surface area (Å²) in [7, 11) is 0. The second-order valence-corrected chi connectivity index (χ2v) is 5.64. The van der Waals surface area contributed by atoms with Gasteiger partial charge in [-0.3, -0.25) is 4.90 Å². The molecule has 1 aromatic heterocycles. The number of hydrogen-bond donors (Lipinski definition) is 1. The first-order valence-corrected chi connectivity index (χ1v) is 6.37. The highest BCUT2D eigenvalue weighted by Crippen LogP contribution is 2.20. The van der Waals surface area contributed by atoms with Gasteiger partial charge in [-0.15, -0.1) is 23.7 Å². The monoisotopic (exact) mass is 261 g/mol. The van der Waals surface area contributed by atoms with E-state index in [9.17, 15) is 0 Å². The number of nitrogens with two attached hydrogens (primary N) is 1. The lowest BCUT2D eigenvalue weighted by Crippen LogP contribution is -2.39. The van der Waals surface area contributed by atoms with E-state index in [-0.39, 0.29) is 12.4 Å². The standard InChI is InChI=1S/C11H19N3S.ClH/c1-8-11(15-9(2)13-8)7-14-5-3-10(12)4-6-14;/h10H,3-7,12H2,1-2H3;1H. The van der Waals surface area contributed by atoms with Crippen molar-refractivity contribution in [1.29, 1.82) is 0 Å². The third-order valence-electron chi connectivity index (χ3n) is 3.00. The van der Waals surface area contributed by atoms with Crippen LogP contribution in [0.25, 0.3) is 0 Å². The summed E-state index contributed by atoms with van der Waals surface area (Å²) >= 11 is 1.82. The number of hydrogen-bond acceptors (Lipinski definition) is 4.